The van der Waals surface area contributed by atoms with E-state index in [4.69, 9.17) is 32.7 Å². The van der Waals surface area contributed by atoms with E-state index in [1.165, 1.54) is 12.1 Å². The number of hydrogen-bond donors (Lipinski definition) is 1. The number of amides is 1. The largest absolute Gasteiger partial charge is 0.490 e. The monoisotopic (exact) mass is 607 g/mol. The molecule has 3 aromatic rings. The molecule has 0 aromatic heterocycles. The minimum atomic E-state index is -0.839. The highest BCUT2D eigenvalue weighted by molar-refractivity contribution is 9.10. The average molecular weight is 609 g/mol. The van der Waals surface area contributed by atoms with Gasteiger partial charge in [-0.2, -0.15) is 5.26 Å². The van der Waals surface area contributed by atoms with E-state index < -0.39 is 16.6 Å². The lowest BCUT2D eigenvalue weighted by Gasteiger charge is -2.15. The molecule has 0 atom stereocenters. The number of nitrogens with zero attached hydrogens (tertiary/aromatic N) is 2. The summed E-state index contributed by atoms with van der Waals surface area (Å²) in [5.74, 6) is -0.628. The van der Waals surface area contributed by atoms with Crippen molar-refractivity contribution in [3.05, 3.63) is 95.7 Å². The fraction of sp³-hybridized carbons (Fsp3) is 0.120. The lowest BCUT2D eigenvalue weighted by molar-refractivity contribution is -0.384. The quantitative estimate of drug-likeness (QED) is 0.118. The molecule has 190 valence electrons. The molecule has 12 heteroatoms. The van der Waals surface area contributed by atoms with Gasteiger partial charge in [0, 0.05) is 17.7 Å². The zero-order valence-electron chi connectivity index (χ0n) is 19.1. The Labute approximate surface area is 229 Å². The standard InChI is InChI=1S/C25H17BrCl2FN3O5/c1-2-36-22-9-14(8-18(26)24(22)37-13-15-5-3-4-6-21(15)29)7-16(12-30)25(33)31-23-19(27)10-17(32(34)35)11-20(23)28/h3-11H,2,13H2,1H3,(H,31,33)/b16-7+. The molecule has 0 aliphatic rings. The van der Waals surface area contributed by atoms with Gasteiger partial charge in [-0.25, -0.2) is 4.39 Å². The number of anilines is 1. The number of halogens is 4. The van der Waals surface area contributed by atoms with Gasteiger partial charge in [-0.05, 0) is 52.7 Å². The predicted molar refractivity (Wildman–Crippen MR) is 141 cm³/mol. The number of hydrogen-bond acceptors (Lipinski definition) is 6. The van der Waals surface area contributed by atoms with Crippen LogP contribution in [0.3, 0.4) is 0 Å². The number of carbonyl (C=O) groups is 1. The third kappa shape index (κ3) is 6.98. The molecule has 0 bridgehead atoms. The highest BCUT2D eigenvalue weighted by atomic mass is 79.9. The Kier molecular flexibility index (Phi) is 9.47. The summed E-state index contributed by atoms with van der Waals surface area (Å²) in [6.07, 6.45) is 1.30. The van der Waals surface area contributed by atoms with E-state index in [1.807, 2.05) is 0 Å². The van der Waals surface area contributed by atoms with Crippen LogP contribution < -0.4 is 14.8 Å². The number of carbonyl (C=O) groups excluding carboxylic acids is 1. The van der Waals surface area contributed by atoms with E-state index in [2.05, 4.69) is 21.2 Å². The van der Waals surface area contributed by atoms with Crippen LogP contribution in [0.5, 0.6) is 11.5 Å². The molecular weight excluding hydrogens is 592 g/mol. The fourth-order valence-corrected chi connectivity index (χ4v) is 4.26. The van der Waals surface area contributed by atoms with E-state index in [1.54, 1.807) is 43.3 Å². The van der Waals surface area contributed by atoms with Crippen LogP contribution in [-0.2, 0) is 11.4 Å². The first kappa shape index (κ1) is 27.9. The predicted octanol–water partition coefficient (Wildman–Crippen LogP) is 7.33. The van der Waals surface area contributed by atoms with Crippen molar-refractivity contribution < 1.29 is 23.6 Å². The molecule has 0 heterocycles. The third-order valence-electron chi connectivity index (χ3n) is 4.81. The molecule has 0 saturated heterocycles. The van der Waals surface area contributed by atoms with Crippen LogP contribution in [0.2, 0.25) is 10.0 Å². The summed E-state index contributed by atoms with van der Waals surface area (Å²) in [6.45, 7) is 2.00. The highest BCUT2D eigenvalue weighted by Gasteiger charge is 2.19. The van der Waals surface area contributed by atoms with Crippen molar-refractivity contribution in [1.82, 2.24) is 0 Å². The lowest BCUT2D eigenvalue weighted by atomic mass is 10.1. The van der Waals surface area contributed by atoms with E-state index in [0.29, 0.717) is 33.7 Å². The zero-order chi connectivity index (χ0) is 27.1. The molecule has 0 fully saturated rings. The Morgan fingerprint density at radius 3 is 2.49 bits per heavy atom. The minimum absolute atomic E-state index is 0.0524. The minimum Gasteiger partial charge on any atom is -0.490 e. The molecule has 0 aliphatic heterocycles. The van der Waals surface area contributed by atoms with Crippen molar-refractivity contribution in [3.8, 4) is 17.6 Å². The second-order valence-electron chi connectivity index (χ2n) is 7.31. The van der Waals surface area contributed by atoms with Crippen LogP contribution >= 0.6 is 39.1 Å². The first-order chi connectivity index (χ1) is 17.6. The SMILES string of the molecule is CCOc1cc(/C=C(\C#N)C(=O)Nc2c(Cl)cc([N+](=O)[O-])cc2Cl)cc(Br)c1OCc1ccccc1F. The summed E-state index contributed by atoms with van der Waals surface area (Å²) >= 11 is 15.5. The molecule has 0 radical (unpaired) electrons. The van der Waals surface area contributed by atoms with Crippen LogP contribution in [0.25, 0.3) is 6.08 Å². The number of non-ortho nitro benzene ring substituents is 1. The number of nitro benzene ring substituents is 1. The molecule has 0 saturated carbocycles. The van der Waals surface area contributed by atoms with Gasteiger partial charge >= 0.3 is 0 Å². The van der Waals surface area contributed by atoms with Crippen LogP contribution in [0.15, 0.2) is 58.6 Å². The van der Waals surface area contributed by atoms with Gasteiger partial charge in [-0.15, -0.1) is 0 Å². The smallest absolute Gasteiger partial charge is 0.272 e. The van der Waals surface area contributed by atoms with Crippen LogP contribution in [0.4, 0.5) is 15.8 Å². The summed E-state index contributed by atoms with van der Waals surface area (Å²) in [4.78, 5) is 23.0. The summed E-state index contributed by atoms with van der Waals surface area (Å²) < 4.78 is 25.9. The van der Waals surface area contributed by atoms with Crippen molar-refractivity contribution in [2.24, 2.45) is 0 Å². The Morgan fingerprint density at radius 1 is 1.22 bits per heavy atom. The molecule has 0 aliphatic carbocycles. The molecular formula is C25H17BrCl2FN3O5. The molecule has 1 amide bonds. The number of benzene rings is 3. The van der Waals surface area contributed by atoms with Gasteiger partial charge in [0.2, 0.25) is 0 Å². The Hall–Kier alpha value is -3.65. The van der Waals surface area contributed by atoms with Gasteiger partial charge < -0.3 is 14.8 Å². The van der Waals surface area contributed by atoms with E-state index in [9.17, 15) is 24.6 Å². The van der Waals surface area contributed by atoms with Gasteiger partial charge in [-0.1, -0.05) is 41.4 Å². The Balaban J connectivity index is 1.89. The normalized spacial score (nSPS) is 11.0. The maximum Gasteiger partial charge on any atom is 0.272 e. The summed E-state index contributed by atoms with van der Waals surface area (Å²) in [5, 5.41) is 22.6. The van der Waals surface area contributed by atoms with Gasteiger partial charge in [0.05, 0.1) is 31.7 Å². The van der Waals surface area contributed by atoms with E-state index >= 15 is 0 Å². The molecule has 0 unspecified atom stereocenters. The van der Waals surface area contributed by atoms with Crippen molar-refractivity contribution in [2.45, 2.75) is 13.5 Å². The Morgan fingerprint density at radius 2 is 1.89 bits per heavy atom. The van der Waals surface area contributed by atoms with Gasteiger partial charge in [0.1, 0.15) is 24.1 Å². The molecule has 3 aromatic carbocycles. The summed E-state index contributed by atoms with van der Waals surface area (Å²) in [5.41, 5.74) is 0.0386. The first-order valence-corrected chi connectivity index (χ1v) is 12.1. The Bertz CT molecular complexity index is 1420. The van der Waals surface area contributed by atoms with Crippen LogP contribution in [-0.4, -0.2) is 17.4 Å². The van der Waals surface area contributed by atoms with E-state index in [0.717, 1.165) is 12.1 Å². The summed E-state index contributed by atoms with van der Waals surface area (Å²) in [7, 11) is 0. The summed E-state index contributed by atoms with van der Waals surface area (Å²) in [6, 6.07) is 13.2. The van der Waals surface area contributed by atoms with Crippen molar-refractivity contribution >= 4 is 62.5 Å². The maximum absolute atomic E-state index is 14.0. The maximum atomic E-state index is 14.0. The topological polar surface area (TPSA) is 114 Å². The first-order valence-electron chi connectivity index (χ1n) is 10.5. The molecule has 1 N–H and O–H groups in total. The second kappa shape index (κ2) is 12.5. The third-order valence-corrected chi connectivity index (χ3v) is 6.00. The number of rotatable bonds is 9. The highest BCUT2D eigenvalue weighted by Crippen LogP contribution is 2.39. The molecule has 8 nitrogen and oxygen atoms in total. The van der Waals surface area contributed by atoms with Gasteiger partial charge in [0.15, 0.2) is 11.5 Å². The van der Waals surface area contributed by atoms with E-state index in [-0.39, 0.29) is 33.6 Å². The number of nitrogens with one attached hydrogen (secondary N) is 1. The van der Waals surface area contributed by atoms with Crippen molar-refractivity contribution in [2.75, 3.05) is 11.9 Å². The fourth-order valence-electron chi connectivity index (χ4n) is 3.12. The number of ether oxygens (including phenoxy) is 2. The number of nitriles is 1. The average Bonchev–Trinajstić information content (AvgIpc) is 2.85. The number of nitro groups is 1. The van der Waals surface area contributed by atoms with Crippen molar-refractivity contribution in [3.63, 3.8) is 0 Å². The van der Waals surface area contributed by atoms with Crippen LogP contribution in [0, 0.1) is 27.3 Å². The lowest BCUT2D eigenvalue weighted by Crippen LogP contribution is -2.14. The zero-order valence-corrected chi connectivity index (χ0v) is 22.2. The van der Waals surface area contributed by atoms with Crippen LogP contribution in [0.1, 0.15) is 18.1 Å². The molecule has 0 spiro atoms. The van der Waals surface area contributed by atoms with Gasteiger partial charge in [0.25, 0.3) is 11.6 Å². The van der Waals surface area contributed by atoms with Crippen molar-refractivity contribution in [1.29, 1.82) is 5.26 Å². The molecule has 37 heavy (non-hydrogen) atoms. The molecule has 3 rings (SSSR count). The second-order valence-corrected chi connectivity index (χ2v) is 8.98. The van der Waals surface area contributed by atoms with Gasteiger partial charge in [-0.3, -0.25) is 14.9 Å².